The molecule has 142 valence electrons. The molecule has 0 aliphatic heterocycles. The van der Waals surface area contributed by atoms with Gasteiger partial charge in [0.15, 0.2) is 6.04 Å². The van der Waals surface area contributed by atoms with Crippen LogP contribution in [0.15, 0.2) is 54.6 Å². The van der Waals surface area contributed by atoms with Crippen molar-refractivity contribution < 1.29 is 27.5 Å². The zero-order valence-electron chi connectivity index (χ0n) is 14.1. The highest BCUT2D eigenvalue weighted by atomic mass is 35.5. The van der Waals surface area contributed by atoms with Crippen LogP contribution in [0, 0.1) is 0 Å². The molecule has 1 amide bonds. The number of methoxy groups -OCH3 is 1. The SMILES string of the molecule is COC(=O)C(NC(=O)/C=C/c1cc(C(F)(F)F)ccc1Cl)c1ccccc1. The van der Waals surface area contributed by atoms with Crippen molar-refractivity contribution in [3.05, 3.63) is 76.3 Å². The summed E-state index contributed by atoms with van der Waals surface area (Å²) in [6.45, 7) is 0. The van der Waals surface area contributed by atoms with Gasteiger partial charge >= 0.3 is 12.1 Å². The maximum atomic E-state index is 12.8. The first-order valence-corrected chi connectivity index (χ1v) is 8.08. The molecule has 0 saturated carbocycles. The Balaban J connectivity index is 2.19. The second-order valence-electron chi connectivity index (χ2n) is 5.44. The molecule has 1 unspecified atom stereocenters. The standard InChI is InChI=1S/C19H15ClF3NO3/c1-27-18(26)17(12-5-3-2-4-6-12)24-16(25)10-7-13-11-14(19(21,22)23)8-9-15(13)20/h2-11,17H,1H3,(H,24,25)/b10-7+. The molecule has 0 heterocycles. The predicted molar refractivity (Wildman–Crippen MR) is 94.8 cm³/mol. The number of halogens is 4. The summed E-state index contributed by atoms with van der Waals surface area (Å²) >= 11 is 5.88. The average Bonchev–Trinajstić information content (AvgIpc) is 2.64. The summed E-state index contributed by atoms with van der Waals surface area (Å²) in [5.74, 6) is -1.37. The average molecular weight is 398 g/mol. The van der Waals surface area contributed by atoms with Gasteiger partial charge in [0.05, 0.1) is 12.7 Å². The third kappa shape index (κ3) is 5.59. The summed E-state index contributed by atoms with van der Waals surface area (Å²) in [5, 5.41) is 2.51. The first-order chi connectivity index (χ1) is 12.7. The molecule has 0 aromatic heterocycles. The van der Waals surface area contributed by atoms with Crippen LogP contribution in [-0.2, 0) is 20.5 Å². The molecule has 0 saturated heterocycles. The highest BCUT2D eigenvalue weighted by Gasteiger charge is 2.30. The van der Waals surface area contributed by atoms with E-state index in [4.69, 9.17) is 11.6 Å². The van der Waals surface area contributed by atoms with Gasteiger partial charge in [-0.2, -0.15) is 13.2 Å². The number of rotatable bonds is 5. The van der Waals surface area contributed by atoms with Gasteiger partial charge in [0.2, 0.25) is 5.91 Å². The summed E-state index contributed by atoms with van der Waals surface area (Å²) in [6.07, 6.45) is -2.38. The maximum absolute atomic E-state index is 12.8. The summed E-state index contributed by atoms with van der Waals surface area (Å²) < 4.78 is 43.0. The molecule has 1 N–H and O–H groups in total. The van der Waals surface area contributed by atoms with Crippen LogP contribution in [0.25, 0.3) is 6.08 Å². The van der Waals surface area contributed by atoms with E-state index in [2.05, 4.69) is 10.1 Å². The number of benzene rings is 2. The molecular formula is C19H15ClF3NO3. The molecule has 0 aliphatic rings. The van der Waals surface area contributed by atoms with E-state index in [9.17, 15) is 22.8 Å². The number of carbonyl (C=O) groups excluding carboxylic acids is 2. The third-order valence-electron chi connectivity index (χ3n) is 3.59. The van der Waals surface area contributed by atoms with E-state index in [0.717, 1.165) is 30.4 Å². The van der Waals surface area contributed by atoms with Gasteiger partial charge in [-0.1, -0.05) is 41.9 Å². The molecule has 0 fully saturated rings. The van der Waals surface area contributed by atoms with Crippen molar-refractivity contribution >= 4 is 29.6 Å². The normalized spacial score (nSPS) is 12.6. The van der Waals surface area contributed by atoms with Crippen LogP contribution < -0.4 is 5.32 Å². The van der Waals surface area contributed by atoms with Crippen molar-refractivity contribution in [3.8, 4) is 0 Å². The highest BCUT2D eigenvalue weighted by molar-refractivity contribution is 6.32. The smallest absolute Gasteiger partial charge is 0.416 e. The van der Waals surface area contributed by atoms with Crippen LogP contribution in [0.1, 0.15) is 22.7 Å². The Bertz CT molecular complexity index is 851. The molecular weight excluding hydrogens is 383 g/mol. The maximum Gasteiger partial charge on any atom is 0.416 e. The van der Waals surface area contributed by atoms with Gasteiger partial charge in [0.1, 0.15) is 0 Å². The van der Waals surface area contributed by atoms with E-state index in [0.29, 0.717) is 5.56 Å². The van der Waals surface area contributed by atoms with Gasteiger partial charge < -0.3 is 10.1 Å². The van der Waals surface area contributed by atoms with Crippen molar-refractivity contribution in [2.75, 3.05) is 7.11 Å². The highest BCUT2D eigenvalue weighted by Crippen LogP contribution is 2.32. The Labute approximate surface area is 158 Å². The Morgan fingerprint density at radius 3 is 2.41 bits per heavy atom. The lowest BCUT2D eigenvalue weighted by atomic mass is 10.1. The number of amides is 1. The van der Waals surface area contributed by atoms with E-state index in [-0.39, 0.29) is 10.6 Å². The van der Waals surface area contributed by atoms with Gasteiger partial charge in [-0.15, -0.1) is 0 Å². The molecule has 27 heavy (non-hydrogen) atoms. The predicted octanol–water partition coefficient (Wildman–Crippen LogP) is 4.40. The number of nitrogens with one attached hydrogen (secondary N) is 1. The first kappa shape index (κ1) is 20.5. The topological polar surface area (TPSA) is 55.4 Å². The summed E-state index contributed by atoms with van der Waals surface area (Å²) in [6, 6.07) is 10.1. The van der Waals surface area contributed by atoms with Crippen LogP contribution >= 0.6 is 11.6 Å². The number of alkyl halides is 3. The molecule has 4 nitrogen and oxygen atoms in total. The second kappa shape index (κ2) is 8.73. The summed E-state index contributed by atoms with van der Waals surface area (Å²) in [7, 11) is 1.18. The fourth-order valence-corrected chi connectivity index (χ4v) is 2.43. The van der Waals surface area contributed by atoms with Gasteiger partial charge in [-0.3, -0.25) is 4.79 Å². The lowest BCUT2D eigenvalue weighted by molar-refractivity contribution is -0.144. The van der Waals surface area contributed by atoms with E-state index < -0.39 is 29.7 Å². The van der Waals surface area contributed by atoms with Crippen molar-refractivity contribution in [1.29, 1.82) is 0 Å². The van der Waals surface area contributed by atoms with Crippen molar-refractivity contribution in [2.24, 2.45) is 0 Å². The fraction of sp³-hybridized carbons (Fsp3) is 0.158. The molecule has 0 aliphatic carbocycles. The van der Waals surface area contributed by atoms with Crippen LogP contribution in [0.2, 0.25) is 5.02 Å². The van der Waals surface area contributed by atoms with E-state index in [1.807, 2.05) is 0 Å². The zero-order valence-corrected chi connectivity index (χ0v) is 14.8. The lowest BCUT2D eigenvalue weighted by Crippen LogP contribution is -2.33. The number of carbonyl (C=O) groups is 2. The monoisotopic (exact) mass is 397 g/mol. The lowest BCUT2D eigenvalue weighted by Gasteiger charge is -2.15. The number of ether oxygens (including phenoxy) is 1. The minimum atomic E-state index is -4.53. The number of esters is 1. The molecule has 8 heteroatoms. The Morgan fingerprint density at radius 1 is 1.15 bits per heavy atom. The van der Waals surface area contributed by atoms with E-state index in [1.54, 1.807) is 30.3 Å². The van der Waals surface area contributed by atoms with E-state index in [1.165, 1.54) is 7.11 Å². The van der Waals surface area contributed by atoms with Crippen LogP contribution in [0.5, 0.6) is 0 Å². The molecule has 2 rings (SSSR count). The second-order valence-corrected chi connectivity index (χ2v) is 5.85. The van der Waals surface area contributed by atoms with Crippen LogP contribution in [0.3, 0.4) is 0 Å². The first-order valence-electron chi connectivity index (χ1n) is 7.70. The fourth-order valence-electron chi connectivity index (χ4n) is 2.25. The molecule has 2 aromatic rings. The quantitative estimate of drug-likeness (QED) is 0.601. The van der Waals surface area contributed by atoms with Gasteiger partial charge in [0, 0.05) is 11.1 Å². The molecule has 0 spiro atoms. The minimum Gasteiger partial charge on any atom is -0.467 e. The van der Waals surface area contributed by atoms with E-state index >= 15 is 0 Å². The molecule has 2 aromatic carbocycles. The Hall–Kier alpha value is -2.80. The summed E-state index contributed by atoms with van der Waals surface area (Å²) in [5.41, 5.74) is -0.358. The largest absolute Gasteiger partial charge is 0.467 e. The number of hydrogen-bond acceptors (Lipinski definition) is 3. The zero-order chi connectivity index (χ0) is 20.0. The Morgan fingerprint density at radius 2 is 1.81 bits per heavy atom. The van der Waals surface area contributed by atoms with Crippen molar-refractivity contribution in [2.45, 2.75) is 12.2 Å². The molecule has 1 atom stereocenters. The minimum absolute atomic E-state index is 0.0240. The van der Waals surface area contributed by atoms with Crippen LogP contribution in [0.4, 0.5) is 13.2 Å². The molecule has 0 bridgehead atoms. The van der Waals surface area contributed by atoms with Gasteiger partial charge in [-0.25, -0.2) is 4.79 Å². The van der Waals surface area contributed by atoms with Crippen molar-refractivity contribution in [1.82, 2.24) is 5.32 Å². The Kier molecular flexibility index (Phi) is 6.63. The molecule has 0 radical (unpaired) electrons. The van der Waals surface area contributed by atoms with Gasteiger partial charge in [0.25, 0.3) is 0 Å². The van der Waals surface area contributed by atoms with Crippen molar-refractivity contribution in [3.63, 3.8) is 0 Å². The third-order valence-corrected chi connectivity index (χ3v) is 3.94. The summed E-state index contributed by atoms with van der Waals surface area (Å²) in [4.78, 5) is 24.1. The van der Waals surface area contributed by atoms with Crippen LogP contribution in [-0.4, -0.2) is 19.0 Å². The number of hydrogen-bond donors (Lipinski definition) is 1. The van der Waals surface area contributed by atoms with Gasteiger partial charge in [-0.05, 0) is 35.4 Å².